The summed E-state index contributed by atoms with van der Waals surface area (Å²) in [5.41, 5.74) is 1.17. The van der Waals surface area contributed by atoms with E-state index >= 15 is 0 Å². The Kier molecular flexibility index (Phi) is 2.85. The Morgan fingerprint density at radius 1 is 1.35 bits per heavy atom. The highest BCUT2D eigenvalue weighted by Gasteiger charge is 2.19. The Labute approximate surface area is 102 Å². The summed E-state index contributed by atoms with van der Waals surface area (Å²) in [6.07, 6.45) is 9.40. The van der Waals surface area contributed by atoms with Crippen LogP contribution in [0.2, 0.25) is 0 Å². The number of imidazole rings is 1. The van der Waals surface area contributed by atoms with Crippen LogP contribution < -0.4 is 5.32 Å². The molecule has 1 fully saturated rings. The predicted molar refractivity (Wildman–Crippen MR) is 69.0 cm³/mol. The molecule has 0 radical (unpaired) electrons. The third-order valence-corrected chi connectivity index (χ3v) is 3.70. The minimum atomic E-state index is 0.322. The lowest BCUT2D eigenvalue weighted by Gasteiger charge is -2.18. The van der Waals surface area contributed by atoms with Crippen molar-refractivity contribution in [3.63, 3.8) is 0 Å². The van der Waals surface area contributed by atoms with Gasteiger partial charge in [-0.3, -0.25) is 0 Å². The van der Waals surface area contributed by atoms with Crippen molar-refractivity contribution in [2.75, 3.05) is 0 Å². The topological polar surface area (TPSA) is 29.3 Å². The summed E-state index contributed by atoms with van der Waals surface area (Å²) in [5.74, 6) is 1.12. The highest BCUT2D eigenvalue weighted by molar-refractivity contribution is 5.45. The first-order valence-electron chi connectivity index (χ1n) is 6.52. The van der Waals surface area contributed by atoms with Gasteiger partial charge >= 0.3 is 0 Å². The van der Waals surface area contributed by atoms with E-state index in [1.807, 2.05) is 6.20 Å². The second kappa shape index (κ2) is 4.49. The minimum absolute atomic E-state index is 0.322. The molecule has 2 aromatic heterocycles. The summed E-state index contributed by atoms with van der Waals surface area (Å²) in [4.78, 5) is 4.54. The Balaban J connectivity index is 1.82. The lowest BCUT2D eigenvalue weighted by atomic mass is 10.2. The van der Waals surface area contributed by atoms with E-state index in [0.717, 1.165) is 5.82 Å². The molecule has 1 aliphatic carbocycles. The van der Waals surface area contributed by atoms with E-state index in [9.17, 15) is 0 Å². The largest absolute Gasteiger partial charge is 0.305 e. The maximum atomic E-state index is 4.54. The number of hydrogen-bond donors (Lipinski definition) is 1. The van der Waals surface area contributed by atoms with Gasteiger partial charge in [-0.1, -0.05) is 18.9 Å². The van der Waals surface area contributed by atoms with E-state index in [-0.39, 0.29) is 0 Å². The molecule has 3 nitrogen and oxygen atoms in total. The molecule has 0 aromatic carbocycles. The second-order valence-electron chi connectivity index (χ2n) is 4.98. The van der Waals surface area contributed by atoms with Crippen LogP contribution in [-0.2, 0) is 0 Å². The number of pyridine rings is 1. The van der Waals surface area contributed by atoms with Crippen LogP contribution in [0.4, 0.5) is 0 Å². The normalized spacial score (nSPS) is 18.9. The Morgan fingerprint density at radius 3 is 3.00 bits per heavy atom. The van der Waals surface area contributed by atoms with Crippen molar-refractivity contribution >= 4 is 5.52 Å². The fraction of sp³-hybridized carbons (Fsp3) is 0.500. The van der Waals surface area contributed by atoms with Gasteiger partial charge in [0.1, 0.15) is 5.82 Å². The second-order valence-corrected chi connectivity index (χ2v) is 4.98. The third-order valence-electron chi connectivity index (χ3n) is 3.70. The molecule has 0 bridgehead atoms. The summed E-state index contributed by atoms with van der Waals surface area (Å²) in [6, 6.07) is 7.21. The van der Waals surface area contributed by atoms with Crippen molar-refractivity contribution < 1.29 is 0 Å². The van der Waals surface area contributed by atoms with Crippen molar-refractivity contribution in [2.45, 2.75) is 44.7 Å². The van der Waals surface area contributed by atoms with Gasteiger partial charge in [0.15, 0.2) is 0 Å². The van der Waals surface area contributed by atoms with Crippen LogP contribution in [0.1, 0.15) is 44.5 Å². The van der Waals surface area contributed by atoms with Crippen molar-refractivity contribution in [1.82, 2.24) is 14.7 Å². The molecule has 1 atom stereocenters. The van der Waals surface area contributed by atoms with Crippen molar-refractivity contribution in [3.05, 3.63) is 36.4 Å². The molecule has 17 heavy (non-hydrogen) atoms. The zero-order valence-corrected chi connectivity index (χ0v) is 10.3. The molecule has 2 heterocycles. The molecule has 0 aliphatic heterocycles. The van der Waals surface area contributed by atoms with Crippen LogP contribution in [0.25, 0.3) is 5.52 Å². The van der Waals surface area contributed by atoms with E-state index in [4.69, 9.17) is 0 Å². The fourth-order valence-electron chi connectivity index (χ4n) is 2.81. The highest BCUT2D eigenvalue weighted by atomic mass is 15.1. The van der Waals surface area contributed by atoms with E-state index in [1.165, 1.54) is 31.2 Å². The van der Waals surface area contributed by atoms with Gasteiger partial charge in [-0.2, -0.15) is 0 Å². The van der Waals surface area contributed by atoms with Gasteiger partial charge in [0.2, 0.25) is 0 Å². The average molecular weight is 229 g/mol. The van der Waals surface area contributed by atoms with E-state index < -0.39 is 0 Å². The molecule has 1 aliphatic rings. The average Bonchev–Trinajstić information content (AvgIpc) is 2.96. The first kappa shape index (κ1) is 10.8. The van der Waals surface area contributed by atoms with Gasteiger partial charge in [-0.25, -0.2) is 4.98 Å². The molecule has 3 heteroatoms. The molecular formula is C14H19N3. The number of aromatic nitrogens is 2. The summed E-state index contributed by atoms with van der Waals surface area (Å²) >= 11 is 0. The molecule has 1 N–H and O–H groups in total. The highest BCUT2D eigenvalue weighted by Crippen LogP contribution is 2.22. The van der Waals surface area contributed by atoms with E-state index in [2.05, 4.69) is 46.0 Å². The van der Waals surface area contributed by atoms with Crippen LogP contribution >= 0.6 is 0 Å². The third kappa shape index (κ3) is 2.07. The first-order valence-corrected chi connectivity index (χ1v) is 6.52. The molecule has 3 rings (SSSR count). The van der Waals surface area contributed by atoms with Gasteiger partial charge < -0.3 is 9.72 Å². The number of fused-ring (bicyclic) bond motifs is 1. The molecule has 0 amide bonds. The van der Waals surface area contributed by atoms with Gasteiger partial charge in [-0.15, -0.1) is 0 Å². The van der Waals surface area contributed by atoms with Crippen LogP contribution in [-0.4, -0.2) is 15.4 Å². The monoisotopic (exact) mass is 229 g/mol. The molecule has 1 unspecified atom stereocenters. The zero-order valence-electron chi connectivity index (χ0n) is 10.3. The zero-order chi connectivity index (χ0) is 11.7. The van der Waals surface area contributed by atoms with Crippen molar-refractivity contribution in [3.8, 4) is 0 Å². The number of hydrogen-bond acceptors (Lipinski definition) is 2. The number of nitrogens with one attached hydrogen (secondary N) is 1. The maximum absolute atomic E-state index is 4.54. The SMILES string of the molecule is CC(NC1CCCC1)c1ncc2ccccn12. The summed E-state index contributed by atoms with van der Waals surface area (Å²) < 4.78 is 2.17. The van der Waals surface area contributed by atoms with E-state index in [0.29, 0.717) is 12.1 Å². The van der Waals surface area contributed by atoms with Crippen molar-refractivity contribution in [1.29, 1.82) is 0 Å². The first-order chi connectivity index (χ1) is 8.34. The van der Waals surface area contributed by atoms with Crippen LogP contribution in [0.5, 0.6) is 0 Å². The molecule has 0 saturated heterocycles. The smallest absolute Gasteiger partial charge is 0.130 e. The Bertz CT molecular complexity index is 497. The molecule has 2 aromatic rings. The summed E-state index contributed by atoms with van der Waals surface area (Å²) in [6.45, 7) is 2.21. The summed E-state index contributed by atoms with van der Waals surface area (Å²) in [7, 11) is 0. The Hall–Kier alpha value is -1.35. The molecule has 90 valence electrons. The van der Waals surface area contributed by atoms with Crippen LogP contribution in [0.15, 0.2) is 30.6 Å². The van der Waals surface area contributed by atoms with Gasteiger partial charge in [0.25, 0.3) is 0 Å². The Morgan fingerprint density at radius 2 is 2.18 bits per heavy atom. The van der Waals surface area contributed by atoms with Crippen molar-refractivity contribution in [2.24, 2.45) is 0 Å². The van der Waals surface area contributed by atoms with E-state index in [1.54, 1.807) is 0 Å². The predicted octanol–water partition coefficient (Wildman–Crippen LogP) is 2.93. The standard InChI is InChI=1S/C14H19N3/c1-11(16-12-6-2-3-7-12)14-15-10-13-8-4-5-9-17(13)14/h4-5,8-12,16H,2-3,6-7H2,1H3. The van der Waals surface area contributed by atoms with Crippen LogP contribution in [0.3, 0.4) is 0 Å². The number of rotatable bonds is 3. The van der Waals surface area contributed by atoms with Gasteiger partial charge in [0, 0.05) is 12.2 Å². The molecule has 0 spiro atoms. The fourth-order valence-corrected chi connectivity index (χ4v) is 2.81. The molecular weight excluding hydrogens is 210 g/mol. The van der Waals surface area contributed by atoms with Gasteiger partial charge in [-0.05, 0) is 31.9 Å². The lowest BCUT2D eigenvalue weighted by molar-refractivity contribution is 0.446. The quantitative estimate of drug-likeness (QED) is 0.876. The van der Waals surface area contributed by atoms with Gasteiger partial charge in [0.05, 0.1) is 17.8 Å². The lowest BCUT2D eigenvalue weighted by Crippen LogP contribution is -2.30. The maximum Gasteiger partial charge on any atom is 0.130 e. The minimum Gasteiger partial charge on any atom is -0.305 e. The summed E-state index contributed by atoms with van der Waals surface area (Å²) in [5, 5.41) is 3.69. The molecule has 1 saturated carbocycles. The van der Waals surface area contributed by atoms with Crippen LogP contribution in [0, 0.1) is 0 Å². The number of nitrogens with zero attached hydrogens (tertiary/aromatic N) is 2.